The van der Waals surface area contributed by atoms with Crippen LogP contribution in [-0.2, 0) is 4.79 Å². The summed E-state index contributed by atoms with van der Waals surface area (Å²) >= 11 is 1.35. The third kappa shape index (κ3) is 4.36. The third-order valence-electron chi connectivity index (χ3n) is 2.49. The van der Waals surface area contributed by atoms with Crippen LogP contribution in [0.3, 0.4) is 0 Å². The molecule has 0 aliphatic rings. The number of hydrogen-bond donors (Lipinski definition) is 1. The predicted molar refractivity (Wildman–Crippen MR) is 66.4 cm³/mol. The summed E-state index contributed by atoms with van der Waals surface area (Å²) in [5.41, 5.74) is 0. The molecule has 1 aromatic rings. The molecule has 94 valence electrons. The van der Waals surface area contributed by atoms with Gasteiger partial charge in [0.2, 0.25) is 5.91 Å². The number of likely N-dealkylation sites (N-methyl/N-ethyl adjacent to an activating group) is 1. The van der Waals surface area contributed by atoms with Crippen molar-refractivity contribution in [1.29, 1.82) is 0 Å². The molecular weight excluding hydrogens is 241 g/mol. The molecule has 0 aliphatic carbocycles. The van der Waals surface area contributed by atoms with Crippen molar-refractivity contribution in [2.24, 2.45) is 0 Å². The average Bonchev–Trinajstić information content (AvgIpc) is 2.35. The Labute approximate surface area is 105 Å². The van der Waals surface area contributed by atoms with Gasteiger partial charge in [-0.3, -0.25) is 4.79 Å². The van der Waals surface area contributed by atoms with E-state index in [1.165, 1.54) is 28.8 Å². The Bertz CT molecular complexity index is 369. The third-order valence-corrected chi connectivity index (χ3v) is 3.49. The van der Waals surface area contributed by atoms with Crippen LogP contribution in [0, 0.1) is 5.82 Å². The summed E-state index contributed by atoms with van der Waals surface area (Å²) in [5, 5.41) is 8.93. The highest BCUT2D eigenvalue weighted by molar-refractivity contribution is 8.00. The Morgan fingerprint density at radius 2 is 2.06 bits per heavy atom. The van der Waals surface area contributed by atoms with Crippen LogP contribution in [0.15, 0.2) is 29.2 Å². The minimum atomic E-state index is -0.285. The van der Waals surface area contributed by atoms with Crippen LogP contribution in [0.1, 0.15) is 6.92 Å². The van der Waals surface area contributed by atoms with Gasteiger partial charge in [-0.25, -0.2) is 4.39 Å². The molecule has 0 saturated carbocycles. The standard InChI is InChI=1S/C12H16FNO2S/c1-9(7-15)14(2)12(16)8-17-11-5-3-10(13)4-6-11/h3-6,9,15H,7-8H2,1-2H3. The van der Waals surface area contributed by atoms with Crippen molar-refractivity contribution in [3.8, 4) is 0 Å². The molecule has 0 saturated heterocycles. The maximum absolute atomic E-state index is 12.7. The van der Waals surface area contributed by atoms with Crippen LogP contribution < -0.4 is 0 Å². The number of amides is 1. The Hall–Kier alpha value is -1.07. The molecule has 0 aromatic heterocycles. The Balaban J connectivity index is 2.45. The molecule has 0 fully saturated rings. The molecule has 0 aliphatic heterocycles. The number of nitrogens with zero attached hydrogens (tertiary/aromatic N) is 1. The first-order chi connectivity index (χ1) is 8.04. The second-order valence-electron chi connectivity index (χ2n) is 3.78. The lowest BCUT2D eigenvalue weighted by atomic mass is 10.3. The lowest BCUT2D eigenvalue weighted by molar-refractivity contribution is -0.129. The lowest BCUT2D eigenvalue weighted by Crippen LogP contribution is -2.38. The normalized spacial score (nSPS) is 12.2. The molecule has 1 rings (SSSR count). The summed E-state index contributed by atoms with van der Waals surface area (Å²) in [6, 6.07) is 5.84. The predicted octanol–water partition coefficient (Wildman–Crippen LogP) is 1.76. The van der Waals surface area contributed by atoms with E-state index in [0.717, 1.165) is 4.90 Å². The van der Waals surface area contributed by atoms with Crippen molar-refractivity contribution >= 4 is 17.7 Å². The summed E-state index contributed by atoms with van der Waals surface area (Å²) in [6.07, 6.45) is 0. The maximum atomic E-state index is 12.7. The lowest BCUT2D eigenvalue weighted by Gasteiger charge is -2.22. The molecule has 1 atom stereocenters. The van der Waals surface area contributed by atoms with E-state index in [-0.39, 0.29) is 30.1 Å². The van der Waals surface area contributed by atoms with Crippen molar-refractivity contribution in [2.75, 3.05) is 19.4 Å². The molecule has 5 heteroatoms. The molecule has 1 aromatic carbocycles. The van der Waals surface area contributed by atoms with E-state index >= 15 is 0 Å². The first-order valence-electron chi connectivity index (χ1n) is 5.29. The number of aliphatic hydroxyl groups is 1. The first-order valence-corrected chi connectivity index (χ1v) is 6.28. The smallest absolute Gasteiger partial charge is 0.232 e. The van der Waals surface area contributed by atoms with Crippen LogP contribution >= 0.6 is 11.8 Å². The highest BCUT2D eigenvalue weighted by Gasteiger charge is 2.14. The topological polar surface area (TPSA) is 40.5 Å². The zero-order valence-corrected chi connectivity index (χ0v) is 10.7. The zero-order valence-electron chi connectivity index (χ0n) is 9.89. The van der Waals surface area contributed by atoms with Crippen LogP contribution in [0.5, 0.6) is 0 Å². The molecule has 0 radical (unpaired) electrons. The SMILES string of the molecule is CC(CO)N(C)C(=O)CSc1ccc(F)cc1. The van der Waals surface area contributed by atoms with Gasteiger partial charge in [0.15, 0.2) is 0 Å². The molecule has 17 heavy (non-hydrogen) atoms. The number of rotatable bonds is 5. The first kappa shape index (κ1) is 14.0. The fourth-order valence-electron chi connectivity index (χ4n) is 1.15. The maximum Gasteiger partial charge on any atom is 0.232 e. The Morgan fingerprint density at radius 3 is 2.59 bits per heavy atom. The quantitative estimate of drug-likeness (QED) is 0.817. The number of hydrogen-bond acceptors (Lipinski definition) is 3. The Morgan fingerprint density at radius 1 is 1.47 bits per heavy atom. The monoisotopic (exact) mass is 257 g/mol. The molecule has 0 heterocycles. The van der Waals surface area contributed by atoms with Crippen molar-refractivity contribution < 1.29 is 14.3 Å². The van der Waals surface area contributed by atoms with Gasteiger partial charge in [0.25, 0.3) is 0 Å². The van der Waals surface area contributed by atoms with Gasteiger partial charge >= 0.3 is 0 Å². The second-order valence-corrected chi connectivity index (χ2v) is 4.83. The average molecular weight is 257 g/mol. The number of halogens is 1. The van der Waals surface area contributed by atoms with Crippen LogP contribution in [0.2, 0.25) is 0 Å². The largest absolute Gasteiger partial charge is 0.394 e. The van der Waals surface area contributed by atoms with Gasteiger partial charge < -0.3 is 10.0 Å². The van der Waals surface area contributed by atoms with Gasteiger partial charge in [0.1, 0.15) is 5.82 Å². The number of benzene rings is 1. The highest BCUT2D eigenvalue weighted by atomic mass is 32.2. The molecule has 3 nitrogen and oxygen atoms in total. The zero-order chi connectivity index (χ0) is 12.8. The summed E-state index contributed by atoms with van der Waals surface area (Å²) < 4.78 is 12.7. The van der Waals surface area contributed by atoms with E-state index in [9.17, 15) is 9.18 Å². The van der Waals surface area contributed by atoms with E-state index in [4.69, 9.17) is 5.11 Å². The van der Waals surface area contributed by atoms with Gasteiger partial charge in [-0.1, -0.05) is 0 Å². The molecule has 1 amide bonds. The number of carbonyl (C=O) groups excluding carboxylic acids is 1. The van der Waals surface area contributed by atoms with Crippen LogP contribution in [-0.4, -0.2) is 41.4 Å². The summed E-state index contributed by atoms with van der Waals surface area (Å²) in [5.74, 6) is -0.0560. The minimum absolute atomic E-state index is 0.0521. The fourth-order valence-corrected chi connectivity index (χ4v) is 1.97. The molecule has 0 bridgehead atoms. The van der Waals surface area contributed by atoms with Crippen molar-refractivity contribution in [1.82, 2.24) is 4.90 Å². The second kappa shape index (κ2) is 6.61. The number of carbonyl (C=O) groups is 1. The van der Waals surface area contributed by atoms with Crippen molar-refractivity contribution in [3.63, 3.8) is 0 Å². The van der Waals surface area contributed by atoms with Gasteiger partial charge in [0, 0.05) is 11.9 Å². The van der Waals surface area contributed by atoms with E-state index in [1.807, 2.05) is 0 Å². The van der Waals surface area contributed by atoms with Gasteiger partial charge in [-0.15, -0.1) is 11.8 Å². The summed E-state index contributed by atoms with van der Waals surface area (Å²) in [7, 11) is 1.66. The number of thioether (sulfide) groups is 1. The van der Waals surface area contributed by atoms with Crippen molar-refractivity contribution in [3.05, 3.63) is 30.1 Å². The minimum Gasteiger partial charge on any atom is -0.394 e. The molecule has 1 N–H and O–H groups in total. The van der Waals surface area contributed by atoms with E-state index in [2.05, 4.69) is 0 Å². The van der Waals surface area contributed by atoms with E-state index < -0.39 is 0 Å². The van der Waals surface area contributed by atoms with Gasteiger partial charge in [0.05, 0.1) is 18.4 Å². The Kier molecular flexibility index (Phi) is 5.44. The van der Waals surface area contributed by atoms with E-state index in [1.54, 1.807) is 26.1 Å². The molecular formula is C12H16FNO2S. The van der Waals surface area contributed by atoms with Crippen LogP contribution in [0.25, 0.3) is 0 Å². The van der Waals surface area contributed by atoms with Crippen molar-refractivity contribution in [2.45, 2.75) is 17.9 Å². The van der Waals surface area contributed by atoms with Gasteiger partial charge in [-0.05, 0) is 31.2 Å². The molecule has 0 spiro atoms. The van der Waals surface area contributed by atoms with Crippen LogP contribution in [0.4, 0.5) is 4.39 Å². The molecule has 1 unspecified atom stereocenters. The summed E-state index contributed by atoms with van der Waals surface area (Å²) in [6.45, 7) is 1.73. The van der Waals surface area contributed by atoms with Gasteiger partial charge in [-0.2, -0.15) is 0 Å². The van der Waals surface area contributed by atoms with E-state index in [0.29, 0.717) is 0 Å². The highest BCUT2D eigenvalue weighted by Crippen LogP contribution is 2.18. The summed E-state index contributed by atoms with van der Waals surface area (Å²) in [4.78, 5) is 14.1. The number of aliphatic hydroxyl groups excluding tert-OH is 1. The fraction of sp³-hybridized carbons (Fsp3) is 0.417.